The molecule has 1 amide bonds. The first-order chi connectivity index (χ1) is 16.1. The van der Waals surface area contributed by atoms with E-state index in [1.807, 2.05) is 0 Å². The third-order valence-corrected chi connectivity index (χ3v) is 6.17. The SMILES string of the molecule is CC(=O)O[C@@]1(n2cnc3c(N)ncnc32)CO[C@H](COS(=O)(=O)NC(=O)C2C=CC=CC2O)C1. The molecular formula is C19H22N6O8S. The summed E-state index contributed by atoms with van der Waals surface area (Å²) in [5.74, 6) is -2.50. The van der Waals surface area contributed by atoms with Gasteiger partial charge in [0.15, 0.2) is 11.5 Å². The molecule has 0 spiro atoms. The fourth-order valence-electron chi connectivity index (χ4n) is 3.76. The van der Waals surface area contributed by atoms with E-state index in [9.17, 15) is 23.1 Å². The number of allylic oxidation sites excluding steroid dienone is 2. The molecule has 3 heterocycles. The number of ether oxygens (including phenoxy) is 2. The number of carbonyl (C=O) groups is 2. The van der Waals surface area contributed by atoms with Crippen LogP contribution < -0.4 is 10.5 Å². The quantitative estimate of drug-likeness (QED) is 0.393. The number of nitrogens with zero attached hydrogens (tertiary/aromatic N) is 4. The molecule has 4 rings (SSSR count). The van der Waals surface area contributed by atoms with Gasteiger partial charge in [0, 0.05) is 13.3 Å². The molecular weight excluding hydrogens is 472 g/mol. The van der Waals surface area contributed by atoms with Crippen molar-refractivity contribution in [2.75, 3.05) is 18.9 Å². The van der Waals surface area contributed by atoms with Crippen molar-refractivity contribution >= 4 is 39.2 Å². The van der Waals surface area contributed by atoms with Crippen LogP contribution in [-0.4, -0.2) is 70.3 Å². The molecule has 4 N–H and O–H groups in total. The summed E-state index contributed by atoms with van der Waals surface area (Å²) in [7, 11) is -4.51. The van der Waals surface area contributed by atoms with Gasteiger partial charge >= 0.3 is 16.3 Å². The number of hydrogen-bond donors (Lipinski definition) is 3. The molecule has 14 nitrogen and oxygen atoms in total. The van der Waals surface area contributed by atoms with Gasteiger partial charge in [0.2, 0.25) is 11.6 Å². The summed E-state index contributed by atoms with van der Waals surface area (Å²) in [6, 6.07) is 0. The highest BCUT2D eigenvalue weighted by molar-refractivity contribution is 7.85. The van der Waals surface area contributed by atoms with Crippen molar-refractivity contribution in [1.29, 1.82) is 0 Å². The molecule has 2 aromatic rings. The highest BCUT2D eigenvalue weighted by Crippen LogP contribution is 2.36. The minimum absolute atomic E-state index is 0.000283. The van der Waals surface area contributed by atoms with Crippen molar-refractivity contribution < 1.29 is 36.8 Å². The van der Waals surface area contributed by atoms with E-state index in [4.69, 9.17) is 19.4 Å². The normalized spacial score (nSPS) is 26.6. The van der Waals surface area contributed by atoms with E-state index in [2.05, 4.69) is 15.0 Å². The Morgan fingerprint density at radius 3 is 2.82 bits per heavy atom. The molecule has 2 aliphatic rings. The zero-order chi connectivity index (χ0) is 24.5. The van der Waals surface area contributed by atoms with Crippen LogP contribution in [0.1, 0.15) is 13.3 Å². The maximum Gasteiger partial charge on any atom is 0.362 e. The van der Waals surface area contributed by atoms with Gasteiger partial charge in [-0.15, -0.1) is 0 Å². The van der Waals surface area contributed by atoms with Crippen LogP contribution in [0.2, 0.25) is 0 Å². The van der Waals surface area contributed by atoms with Gasteiger partial charge in [0.05, 0.1) is 24.7 Å². The van der Waals surface area contributed by atoms with Crippen molar-refractivity contribution in [1.82, 2.24) is 24.2 Å². The second kappa shape index (κ2) is 9.09. The first-order valence-corrected chi connectivity index (χ1v) is 11.5. The number of esters is 1. The highest BCUT2D eigenvalue weighted by Gasteiger charge is 2.47. The van der Waals surface area contributed by atoms with Gasteiger partial charge in [0.1, 0.15) is 24.8 Å². The molecule has 0 bridgehead atoms. The lowest BCUT2D eigenvalue weighted by molar-refractivity contribution is -0.168. The number of aliphatic hydroxyl groups is 1. The van der Waals surface area contributed by atoms with E-state index in [0.717, 1.165) is 0 Å². The fraction of sp³-hybridized carbons (Fsp3) is 0.421. The van der Waals surface area contributed by atoms with Crippen LogP contribution >= 0.6 is 0 Å². The second-order valence-electron chi connectivity index (χ2n) is 7.71. The average molecular weight is 494 g/mol. The molecule has 1 fully saturated rings. The third kappa shape index (κ3) is 4.77. The minimum atomic E-state index is -4.51. The number of nitrogens with two attached hydrogens (primary N) is 1. The summed E-state index contributed by atoms with van der Waals surface area (Å²) in [5.41, 5.74) is 5.04. The van der Waals surface area contributed by atoms with E-state index in [1.54, 1.807) is 4.72 Å². The lowest BCUT2D eigenvalue weighted by Gasteiger charge is -2.28. The first-order valence-electron chi connectivity index (χ1n) is 10.1. The van der Waals surface area contributed by atoms with Crippen LogP contribution in [0.4, 0.5) is 5.82 Å². The van der Waals surface area contributed by atoms with E-state index in [1.165, 1.54) is 48.4 Å². The summed E-state index contributed by atoms with van der Waals surface area (Å²) < 4.78 is 43.9. The summed E-state index contributed by atoms with van der Waals surface area (Å²) in [4.78, 5) is 36.3. The Kier molecular flexibility index (Phi) is 6.35. The number of hydrogen-bond acceptors (Lipinski definition) is 12. The van der Waals surface area contributed by atoms with Crippen LogP contribution in [0.3, 0.4) is 0 Å². The summed E-state index contributed by atoms with van der Waals surface area (Å²) >= 11 is 0. The van der Waals surface area contributed by atoms with Crippen LogP contribution in [-0.2, 0) is 39.3 Å². The molecule has 1 aliphatic heterocycles. The Labute approximate surface area is 193 Å². The van der Waals surface area contributed by atoms with E-state index in [-0.39, 0.29) is 18.8 Å². The monoisotopic (exact) mass is 494 g/mol. The Morgan fingerprint density at radius 1 is 1.32 bits per heavy atom. The first kappa shape index (κ1) is 23.7. The number of carbonyl (C=O) groups excluding carboxylic acids is 2. The van der Waals surface area contributed by atoms with Gasteiger partial charge in [-0.1, -0.05) is 24.3 Å². The van der Waals surface area contributed by atoms with Crippen LogP contribution in [0.15, 0.2) is 37.0 Å². The number of aromatic nitrogens is 4. The van der Waals surface area contributed by atoms with Gasteiger partial charge in [-0.05, 0) is 0 Å². The lowest BCUT2D eigenvalue weighted by atomic mass is 9.97. The molecule has 0 radical (unpaired) electrons. The van der Waals surface area contributed by atoms with Gasteiger partial charge in [-0.25, -0.2) is 19.7 Å². The summed E-state index contributed by atoms with van der Waals surface area (Å²) in [5, 5.41) is 9.83. The molecule has 15 heteroatoms. The molecule has 0 aromatic carbocycles. The molecule has 182 valence electrons. The van der Waals surface area contributed by atoms with Crippen molar-refractivity contribution in [2.24, 2.45) is 5.92 Å². The number of nitrogen functional groups attached to an aromatic ring is 1. The molecule has 34 heavy (non-hydrogen) atoms. The van der Waals surface area contributed by atoms with E-state index in [0.29, 0.717) is 11.2 Å². The standard InChI is InChI=1S/C19H22N6O8S/c1-11(26)33-19(25-10-23-15-16(20)21-9-22-17(15)25)6-12(31-8-19)7-32-34(29,30)24-18(28)13-4-2-3-5-14(13)27/h2-5,9-10,12-14,27H,6-8H2,1H3,(H,24,28)(H2,20,21,22)/t12-,13?,14?,19+/m0/s1. The molecule has 2 aromatic heterocycles. The van der Waals surface area contributed by atoms with Crippen molar-refractivity contribution in [3.63, 3.8) is 0 Å². The highest BCUT2D eigenvalue weighted by atomic mass is 32.2. The molecule has 1 aliphatic carbocycles. The molecule has 1 saturated heterocycles. The Balaban J connectivity index is 1.45. The molecule has 2 unspecified atom stereocenters. The Morgan fingerprint density at radius 2 is 2.09 bits per heavy atom. The number of amides is 1. The molecule has 0 saturated carbocycles. The number of nitrogens with one attached hydrogen (secondary N) is 1. The largest absolute Gasteiger partial charge is 0.436 e. The predicted molar refractivity (Wildman–Crippen MR) is 115 cm³/mol. The van der Waals surface area contributed by atoms with E-state index >= 15 is 0 Å². The Bertz CT molecular complexity index is 1270. The van der Waals surface area contributed by atoms with E-state index < -0.39 is 52.6 Å². The number of imidazole rings is 1. The smallest absolute Gasteiger partial charge is 0.362 e. The average Bonchev–Trinajstić information content (AvgIpc) is 3.38. The number of anilines is 1. The second-order valence-corrected chi connectivity index (χ2v) is 9.06. The minimum Gasteiger partial charge on any atom is -0.436 e. The fourth-order valence-corrected chi connectivity index (χ4v) is 4.53. The summed E-state index contributed by atoms with van der Waals surface area (Å²) in [6.07, 6.45) is 6.40. The maximum atomic E-state index is 12.3. The van der Waals surface area contributed by atoms with Crippen LogP contribution in [0, 0.1) is 5.92 Å². The van der Waals surface area contributed by atoms with Gasteiger partial charge in [0.25, 0.3) is 0 Å². The maximum absolute atomic E-state index is 12.3. The lowest BCUT2D eigenvalue weighted by Crippen LogP contribution is -2.41. The van der Waals surface area contributed by atoms with Crippen LogP contribution in [0.25, 0.3) is 11.2 Å². The third-order valence-electron chi connectivity index (χ3n) is 5.27. The number of fused-ring (bicyclic) bond motifs is 1. The van der Waals surface area contributed by atoms with Crippen molar-refractivity contribution in [3.8, 4) is 0 Å². The van der Waals surface area contributed by atoms with Gasteiger partial charge in [-0.2, -0.15) is 8.42 Å². The summed E-state index contributed by atoms with van der Waals surface area (Å²) in [6.45, 7) is 0.601. The van der Waals surface area contributed by atoms with Crippen LogP contribution in [0.5, 0.6) is 0 Å². The van der Waals surface area contributed by atoms with Crippen molar-refractivity contribution in [2.45, 2.75) is 31.3 Å². The topological polar surface area (TPSA) is 198 Å². The number of aliphatic hydroxyl groups excluding tert-OH is 1. The van der Waals surface area contributed by atoms with Gasteiger partial charge in [-0.3, -0.25) is 18.3 Å². The van der Waals surface area contributed by atoms with Gasteiger partial charge < -0.3 is 20.3 Å². The predicted octanol–water partition coefficient (Wildman–Crippen LogP) is -1.11. The molecule has 4 atom stereocenters. The zero-order valence-corrected chi connectivity index (χ0v) is 18.7. The zero-order valence-electron chi connectivity index (χ0n) is 17.9. The Hall–Kier alpha value is -3.40. The van der Waals surface area contributed by atoms with Crippen molar-refractivity contribution in [3.05, 3.63) is 37.0 Å². The number of rotatable bonds is 7.